The average Bonchev–Trinajstić information content (AvgIpc) is 1.96. The van der Waals surface area contributed by atoms with Crippen molar-refractivity contribution in [1.29, 1.82) is 0 Å². The van der Waals surface area contributed by atoms with Crippen molar-refractivity contribution in [3.05, 3.63) is 0 Å². The van der Waals surface area contributed by atoms with Crippen LogP contribution in [-0.4, -0.2) is 22.7 Å². The van der Waals surface area contributed by atoms with Crippen LogP contribution in [0.5, 0.6) is 0 Å². The van der Waals surface area contributed by atoms with E-state index in [0.29, 0.717) is 12.8 Å². The molecular weight excluding hydrogens is 156 g/mol. The minimum Gasteiger partial charge on any atom is -0.383 e. The van der Waals surface area contributed by atoms with Gasteiger partial charge in [0, 0.05) is 5.54 Å². The fourth-order valence-corrected chi connectivity index (χ4v) is 1.45. The summed E-state index contributed by atoms with van der Waals surface area (Å²) in [4.78, 5) is 10.5. The number of rotatable bonds is 4. The highest BCUT2D eigenvalue weighted by atomic mass is 16.3. The maximum absolute atomic E-state index is 10.5. The van der Waals surface area contributed by atoms with Crippen molar-refractivity contribution in [2.75, 3.05) is 0 Å². The Morgan fingerprint density at radius 2 is 2.17 bits per heavy atom. The normalized spacial score (nSPS) is 22.8. The van der Waals surface area contributed by atoms with Gasteiger partial charge in [-0.05, 0) is 32.1 Å². The van der Waals surface area contributed by atoms with Crippen LogP contribution in [0, 0.1) is 0 Å². The number of aliphatic hydroxyl groups excluding tert-OH is 1. The predicted molar refractivity (Wildman–Crippen MR) is 45.2 cm³/mol. The van der Waals surface area contributed by atoms with E-state index >= 15 is 0 Å². The fourth-order valence-electron chi connectivity index (χ4n) is 1.45. The Hall–Kier alpha value is -0.610. The minimum absolute atomic E-state index is 0.129. The first-order chi connectivity index (χ1) is 5.53. The second-order valence-electron chi connectivity index (χ2n) is 3.67. The van der Waals surface area contributed by atoms with Gasteiger partial charge in [0.2, 0.25) is 5.91 Å². The lowest BCUT2D eigenvalue weighted by molar-refractivity contribution is -0.126. The third kappa shape index (κ3) is 2.19. The van der Waals surface area contributed by atoms with Crippen molar-refractivity contribution >= 4 is 5.91 Å². The van der Waals surface area contributed by atoms with Crippen LogP contribution in [-0.2, 0) is 4.79 Å². The van der Waals surface area contributed by atoms with Crippen molar-refractivity contribution in [2.24, 2.45) is 11.5 Å². The molecule has 1 rings (SSSR count). The number of carbonyl (C=O) groups is 1. The molecule has 0 aromatic heterocycles. The lowest BCUT2D eigenvalue weighted by Gasteiger charge is -2.38. The number of aliphatic hydroxyl groups is 1. The number of carbonyl (C=O) groups excluding carboxylic acids is 1. The molecule has 0 aliphatic heterocycles. The lowest BCUT2D eigenvalue weighted by Crippen LogP contribution is -2.47. The molecule has 1 aliphatic rings. The largest absolute Gasteiger partial charge is 0.383 e. The first-order valence-electron chi connectivity index (χ1n) is 4.30. The lowest BCUT2D eigenvalue weighted by atomic mass is 9.74. The van der Waals surface area contributed by atoms with Crippen LogP contribution in [0.3, 0.4) is 0 Å². The van der Waals surface area contributed by atoms with E-state index in [-0.39, 0.29) is 5.54 Å². The van der Waals surface area contributed by atoms with Gasteiger partial charge in [-0.15, -0.1) is 0 Å². The van der Waals surface area contributed by atoms with Gasteiger partial charge in [-0.3, -0.25) is 4.79 Å². The van der Waals surface area contributed by atoms with Crippen molar-refractivity contribution < 1.29 is 9.90 Å². The molecule has 1 amide bonds. The van der Waals surface area contributed by atoms with E-state index in [1.54, 1.807) is 0 Å². The molecule has 0 spiro atoms. The van der Waals surface area contributed by atoms with Gasteiger partial charge < -0.3 is 16.6 Å². The summed E-state index contributed by atoms with van der Waals surface area (Å²) in [5, 5.41) is 9.08. The Morgan fingerprint density at radius 1 is 1.58 bits per heavy atom. The standard InChI is InChI=1S/C8H16N2O2/c9-7(12)6(11)2-5-8(10)3-1-4-8/h6,11H,1-5,10H2,(H2,9,12). The highest BCUT2D eigenvalue weighted by Crippen LogP contribution is 2.33. The molecule has 0 bridgehead atoms. The zero-order valence-electron chi connectivity index (χ0n) is 7.12. The predicted octanol–water partition coefficient (Wildman–Crippen LogP) is -0.506. The first kappa shape index (κ1) is 9.48. The number of hydrogen-bond donors (Lipinski definition) is 3. The molecule has 0 saturated heterocycles. The smallest absolute Gasteiger partial charge is 0.246 e. The highest BCUT2D eigenvalue weighted by Gasteiger charge is 2.32. The number of nitrogens with two attached hydrogens (primary N) is 2. The molecule has 1 atom stereocenters. The second kappa shape index (κ2) is 3.41. The summed E-state index contributed by atoms with van der Waals surface area (Å²) < 4.78 is 0. The van der Waals surface area contributed by atoms with Gasteiger partial charge in [0.15, 0.2) is 0 Å². The monoisotopic (exact) mass is 172 g/mol. The molecule has 0 heterocycles. The molecule has 0 radical (unpaired) electrons. The van der Waals surface area contributed by atoms with Crippen LogP contribution in [0.25, 0.3) is 0 Å². The third-order valence-corrected chi connectivity index (χ3v) is 2.59. The van der Waals surface area contributed by atoms with E-state index in [1.165, 1.54) is 0 Å². The van der Waals surface area contributed by atoms with Gasteiger partial charge in [-0.25, -0.2) is 0 Å². The Balaban J connectivity index is 2.20. The van der Waals surface area contributed by atoms with Crippen molar-refractivity contribution in [3.63, 3.8) is 0 Å². The number of hydrogen-bond acceptors (Lipinski definition) is 3. The van der Waals surface area contributed by atoms with E-state index in [4.69, 9.17) is 16.6 Å². The van der Waals surface area contributed by atoms with Crippen LogP contribution in [0.2, 0.25) is 0 Å². The molecule has 1 saturated carbocycles. The molecule has 1 aliphatic carbocycles. The van der Waals surface area contributed by atoms with E-state index in [2.05, 4.69) is 0 Å². The van der Waals surface area contributed by atoms with Crippen LogP contribution in [0.1, 0.15) is 32.1 Å². The molecule has 1 fully saturated rings. The average molecular weight is 172 g/mol. The summed E-state index contributed by atoms with van der Waals surface area (Å²) in [5.74, 6) is -0.655. The van der Waals surface area contributed by atoms with Crippen LogP contribution >= 0.6 is 0 Å². The topological polar surface area (TPSA) is 89.3 Å². The van der Waals surface area contributed by atoms with Gasteiger partial charge >= 0.3 is 0 Å². The first-order valence-corrected chi connectivity index (χ1v) is 4.30. The Morgan fingerprint density at radius 3 is 2.50 bits per heavy atom. The Kier molecular flexibility index (Phi) is 2.69. The fraction of sp³-hybridized carbons (Fsp3) is 0.875. The SMILES string of the molecule is NC(=O)C(O)CCC1(N)CCC1. The summed E-state index contributed by atoms with van der Waals surface area (Å²) in [5.41, 5.74) is 10.7. The van der Waals surface area contributed by atoms with E-state index in [0.717, 1.165) is 19.3 Å². The summed E-state index contributed by atoms with van der Waals surface area (Å²) in [6.07, 6.45) is 3.22. The third-order valence-electron chi connectivity index (χ3n) is 2.59. The molecule has 0 aromatic rings. The van der Waals surface area contributed by atoms with E-state index in [1.807, 2.05) is 0 Å². The molecule has 0 aromatic carbocycles. The summed E-state index contributed by atoms with van der Waals surface area (Å²) in [6.45, 7) is 0. The highest BCUT2D eigenvalue weighted by molar-refractivity contribution is 5.78. The Bertz CT molecular complexity index is 178. The number of amides is 1. The van der Waals surface area contributed by atoms with Gasteiger partial charge in [0.1, 0.15) is 6.10 Å². The maximum Gasteiger partial charge on any atom is 0.246 e. The summed E-state index contributed by atoms with van der Waals surface area (Å²) in [6, 6.07) is 0. The minimum atomic E-state index is -1.02. The molecule has 1 unspecified atom stereocenters. The molecular formula is C8H16N2O2. The van der Waals surface area contributed by atoms with E-state index < -0.39 is 12.0 Å². The molecule has 12 heavy (non-hydrogen) atoms. The second-order valence-corrected chi connectivity index (χ2v) is 3.67. The summed E-state index contributed by atoms with van der Waals surface area (Å²) >= 11 is 0. The molecule has 70 valence electrons. The zero-order valence-corrected chi connectivity index (χ0v) is 7.12. The Labute approximate surface area is 71.9 Å². The molecule has 4 heteroatoms. The molecule has 4 nitrogen and oxygen atoms in total. The van der Waals surface area contributed by atoms with Gasteiger partial charge in [0.25, 0.3) is 0 Å². The van der Waals surface area contributed by atoms with E-state index in [9.17, 15) is 4.79 Å². The van der Waals surface area contributed by atoms with Crippen LogP contribution < -0.4 is 11.5 Å². The number of primary amides is 1. The summed E-state index contributed by atoms with van der Waals surface area (Å²) in [7, 11) is 0. The van der Waals surface area contributed by atoms with Gasteiger partial charge in [-0.2, -0.15) is 0 Å². The van der Waals surface area contributed by atoms with Crippen LogP contribution in [0.4, 0.5) is 0 Å². The zero-order chi connectivity index (χ0) is 9.19. The maximum atomic E-state index is 10.5. The van der Waals surface area contributed by atoms with Crippen molar-refractivity contribution in [2.45, 2.75) is 43.7 Å². The van der Waals surface area contributed by atoms with Crippen LogP contribution in [0.15, 0.2) is 0 Å². The van der Waals surface area contributed by atoms with Gasteiger partial charge in [-0.1, -0.05) is 0 Å². The van der Waals surface area contributed by atoms with Crippen molar-refractivity contribution in [3.8, 4) is 0 Å². The van der Waals surface area contributed by atoms with Gasteiger partial charge in [0.05, 0.1) is 0 Å². The van der Waals surface area contributed by atoms with Crippen molar-refractivity contribution in [1.82, 2.24) is 0 Å². The quantitative estimate of drug-likeness (QED) is 0.533. The molecule has 5 N–H and O–H groups in total.